The van der Waals surface area contributed by atoms with Crippen LogP contribution in [0.25, 0.3) is 22.4 Å². The van der Waals surface area contributed by atoms with Gasteiger partial charge < -0.3 is 0 Å². The molecule has 8 heteroatoms. The molecule has 0 N–H and O–H groups in total. The summed E-state index contributed by atoms with van der Waals surface area (Å²) in [5.41, 5.74) is 15.4. The predicted molar refractivity (Wildman–Crippen MR) is 187 cm³/mol. The van der Waals surface area contributed by atoms with Crippen LogP contribution >= 0.6 is 49.6 Å². The number of benzene rings is 2. The predicted octanol–water partition coefficient (Wildman–Crippen LogP) is 8.67. The molecule has 0 saturated carbocycles. The van der Waals surface area contributed by atoms with E-state index >= 15 is 0 Å². The number of nitrogens with zero attached hydrogens (tertiary/aromatic N) is 4. The fourth-order valence-electron chi connectivity index (χ4n) is 5.47. The molecular formula is C34H44Cl4N4. The highest BCUT2D eigenvalue weighted by Crippen LogP contribution is 2.26. The molecule has 1 fully saturated rings. The highest BCUT2D eigenvalue weighted by atomic mass is 35.5. The molecular weight excluding hydrogens is 606 g/mol. The van der Waals surface area contributed by atoms with Crippen LogP contribution in [0.3, 0.4) is 0 Å². The summed E-state index contributed by atoms with van der Waals surface area (Å²) >= 11 is 0. The lowest BCUT2D eigenvalue weighted by Crippen LogP contribution is -2.45. The summed E-state index contributed by atoms with van der Waals surface area (Å²) in [5.74, 6) is 0. The van der Waals surface area contributed by atoms with Crippen molar-refractivity contribution in [3.8, 4) is 22.4 Å². The first-order valence-corrected chi connectivity index (χ1v) is 13.8. The lowest BCUT2D eigenvalue weighted by Gasteiger charge is -2.34. The maximum atomic E-state index is 4.68. The van der Waals surface area contributed by atoms with Crippen LogP contribution in [0, 0.1) is 41.5 Å². The van der Waals surface area contributed by atoms with Gasteiger partial charge in [-0.15, -0.1) is 49.6 Å². The third-order valence-electron chi connectivity index (χ3n) is 8.38. The molecule has 0 bridgehead atoms. The Kier molecular flexibility index (Phi) is 15.0. The zero-order valence-corrected chi connectivity index (χ0v) is 28.7. The highest BCUT2D eigenvalue weighted by molar-refractivity contribution is 5.86. The minimum atomic E-state index is 0. The minimum absolute atomic E-state index is 0. The van der Waals surface area contributed by atoms with Crippen molar-refractivity contribution in [2.24, 2.45) is 0 Å². The Morgan fingerprint density at radius 1 is 0.548 bits per heavy atom. The van der Waals surface area contributed by atoms with E-state index in [1.54, 1.807) is 0 Å². The molecule has 2 aromatic carbocycles. The van der Waals surface area contributed by atoms with E-state index in [1.807, 2.05) is 18.6 Å². The molecule has 3 heterocycles. The van der Waals surface area contributed by atoms with Crippen LogP contribution in [-0.2, 0) is 13.1 Å². The standard InChI is InChI=1S/C34H40N4.4ClH/c1-23-13-31(14-24(2)27(23)5)33-17-30(19-35-20-33)22-38-11-9-37(10-12-38)21-29-7-8-36-34(18-29)32-15-25(3)28(6)26(4)16-32;;;;/h7-8,13-20H,9-12,21-22H2,1-6H3;4*1H. The zero-order chi connectivity index (χ0) is 26.8. The zero-order valence-electron chi connectivity index (χ0n) is 25.4. The van der Waals surface area contributed by atoms with Gasteiger partial charge >= 0.3 is 0 Å². The summed E-state index contributed by atoms with van der Waals surface area (Å²) in [5, 5.41) is 0. The first-order valence-electron chi connectivity index (χ1n) is 13.8. The summed E-state index contributed by atoms with van der Waals surface area (Å²) < 4.78 is 0. The monoisotopic (exact) mass is 648 g/mol. The minimum Gasteiger partial charge on any atom is -0.297 e. The van der Waals surface area contributed by atoms with Crippen molar-refractivity contribution in [1.82, 2.24) is 19.8 Å². The molecule has 1 aliphatic rings. The summed E-state index contributed by atoms with van der Waals surface area (Å²) in [6.45, 7) is 19.4. The molecule has 4 nitrogen and oxygen atoms in total. The summed E-state index contributed by atoms with van der Waals surface area (Å²) in [7, 11) is 0. The number of pyridine rings is 2. The Balaban J connectivity index is 0.00000220. The summed E-state index contributed by atoms with van der Waals surface area (Å²) in [6.07, 6.45) is 5.98. The van der Waals surface area contributed by atoms with E-state index in [0.29, 0.717) is 0 Å². The number of hydrogen-bond acceptors (Lipinski definition) is 4. The van der Waals surface area contributed by atoms with Crippen LogP contribution in [0.5, 0.6) is 0 Å². The van der Waals surface area contributed by atoms with Gasteiger partial charge in [0.25, 0.3) is 0 Å². The van der Waals surface area contributed by atoms with E-state index in [1.165, 1.54) is 61.2 Å². The third kappa shape index (κ3) is 8.92. The number of halogens is 4. The van der Waals surface area contributed by atoms with Gasteiger partial charge in [-0.1, -0.05) is 12.1 Å². The number of piperazine rings is 1. The Hall–Kier alpha value is -2.18. The van der Waals surface area contributed by atoms with Crippen LogP contribution in [0.4, 0.5) is 0 Å². The van der Waals surface area contributed by atoms with Crippen LogP contribution in [0.2, 0.25) is 0 Å². The van der Waals surface area contributed by atoms with E-state index in [4.69, 9.17) is 0 Å². The second-order valence-electron chi connectivity index (χ2n) is 11.2. The van der Waals surface area contributed by atoms with E-state index < -0.39 is 0 Å². The smallest absolute Gasteiger partial charge is 0.0705 e. The second kappa shape index (κ2) is 16.6. The Bertz CT molecular complexity index is 1310. The molecule has 2 aromatic heterocycles. The van der Waals surface area contributed by atoms with Gasteiger partial charge in [-0.05, 0) is 122 Å². The van der Waals surface area contributed by atoms with Gasteiger partial charge in [-0.3, -0.25) is 19.8 Å². The summed E-state index contributed by atoms with van der Waals surface area (Å²) in [4.78, 5) is 14.4. The van der Waals surface area contributed by atoms with Crippen molar-refractivity contribution in [2.45, 2.75) is 54.6 Å². The van der Waals surface area contributed by atoms with Crippen molar-refractivity contribution in [1.29, 1.82) is 0 Å². The van der Waals surface area contributed by atoms with Crippen molar-refractivity contribution in [3.05, 3.63) is 106 Å². The van der Waals surface area contributed by atoms with E-state index in [-0.39, 0.29) is 49.6 Å². The molecule has 1 aliphatic heterocycles. The van der Waals surface area contributed by atoms with Gasteiger partial charge in [-0.25, -0.2) is 0 Å². The second-order valence-corrected chi connectivity index (χ2v) is 11.2. The maximum absolute atomic E-state index is 4.68. The molecule has 0 atom stereocenters. The van der Waals surface area contributed by atoms with Gasteiger partial charge in [0.1, 0.15) is 0 Å². The molecule has 0 spiro atoms. The van der Waals surface area contributed by atoms with E-state index in [2.05, 4.69) is 104 Å². The maximum Gasteiger partial charge on any atom is 0.0705 e. The normalized spacial score (nSPS) is 13.3. The van der Waals surface area contributed by atoms with E-state index in [0.717, 1.165) is 45.0 Å². The molecule has 0 unspecified atom stereocenters. The Morgan fingerprint density at radius 3 is 1.55 bits per heavy atom. The quantitative estimate of drug-likeness (QED) is 0.209. The van der Waals surface area contributed by atoms with Crippen LogP contribution in [-0.4, -0.2) is 45.9 Å². The number of aryl methyl sites for hydroxylation is 4. The number of aromatic nitrogens is 2. The topological polar surface area (TPSA) is 32.3 Å². The average Bonchev–Trinajstić information content (AvgIpc) is 2.91. The summed E-state index contributed by atoms with van der Waals surface area (Å²) in [6, 6.07) is 15.8. The first-order chi connectivity index (χ1) is 18.3. The SMILES string of the molecule is Cc1cc(-c2cncc(CN3CCN(Cc4ccnc(-c5cc(C)c(C)c(C)c5)c4)CC3)c2)cc(C)c1C.Cl.Cl.Cl.Cl. The fraction of sp³-hybridized carbons (Fsp3) is 0.353. The largest absolute Gasteiger partial charge is 0.297 e. The van der Waals surface area contributed by atoms with Gasteiger partial charge in [0.05, 0.1) is 5.69 Å². The number of rotatable bonds is 6. The molecule has 0 aliphatic carbocycles. The fourth-order valence-corrected chi connectivity index (χ4v) is 5.47. The molecule has 0 radical (unpaired) electrons. The van der Waals surface area contributed by atoms with Gasteiger partial charge in [0.2, 0.25) is 0 Å². The van der Waals surface area contributed by atoms with Crippen molar-refractivity contribution in [2.75, 3.05) is 26.2 Å². The van der Waals surface area contributed by atoms with Crippen molar-refractivity contribution < 1.29 is 0 Å². The third-order valence-corrected chi connectivity index (χ3v) is 8.38. The molecule has 4 aromatic rings. The Labute approximate surface area is 277 Å². The average molecular weight is 651 g/mol. The molecule has 1 saturated heterocycles. The van der Waals surface area contributed by atoms with E-state index in [9.17, 15) is 0 Å². The van der Waals surface area contributed by atoms with Crippen LogP contribution in [0.1, 0.15) is 44.5 Å². The van der Waals surface area contributed by atoms with Gasteiger partial charge in [0, 0.05) is 69.0 Å². The van der Waals surface area contributed by atoms with Crippen LogP contribution in [0.15, 0.2) is 61.1 Å². The molecule has 42 heavy (non-hydrogen) atoms. The molecule has 228 valence electrons. The number of hydrogen-bond donors (Lipinski definition) is 0. The molecule has 5 rings (SSSR count). The highest BCUT2D eigenvalue weighted by Gasteiger charge is 2.18. The van der Waals surface area contributed by atoms with Crippen molar-refractivity contribution >= 4 is 49.6 Å². The van der Waals surface area contributed by atoms with Gasteiger partial charge in [0.15, 0.2) is 0 Å². The Morgan fingerprint density at radius 2 is 1.02 bits per heavy atom. The van der Waals surface area contributed by atoms with Crippen LogP contribution < -0.4 is 0 Å². The first kappa shape index (κ1) is 37.8. The lowest BCUT2D eigenvalue weighted by molar-refractivity contribution is 0.122. The molecule has 0 amide bonds. The van der Waals surface area contributed by atoms with Gasteiger partial charge in [-0.2, -0.15) is 0 Å². The lowest BCUT2D eigenvalue weighted by atomic mass is 9.96. The van der Waals surface area contributed by atoms with Crippen molar-refractivity contribution in [3.63, 3.8) is 0 Å².